The SMILES string of the molecule is CNC1C2C=CCCCC21. The fraction of sp³-hybridized carbons (Fsp3) is 0.778. The average Bonchev–Trinajstić information content (AvgIpc) is 2.59. The maximum absolute atomic E-state index is 3.36. The van der Waals surface area contributed by atoms with Gasteiger partial charge in [-0.15, -0.1) is 0 Å². The zero-order valence-corrected chi connectivity index (χ0v) is 6.51. The van der Waals surface area contributed by atoms with Crippen LogP contribution in [0.4, 0.5) is 0 Å². The van der Waals surface area contributed by atoms with Crippen LogP contribution >= 0.6 is 0 Å². The maximum atomic E-state index is 3.36. The summed E-state index contributed by atoms with van der Waals surface area (Å²) >= 11 is 0. The third-order valence-corrected chi connectivity index (χ3v) is 2.83. The number of hydrogen-bond acceptors (Lipinski definition) is 1. The topological polar surface area (TPSA) is 12.0 Å². The predicted octanol–water partition coefficient (Wildman–Crippen LogP) is 1.56. The maximum Gasteiger partial charge on any atom is 0.0165 e. The second-order valence-electron chi connectivity index (χ2n) is 3.41. The third-order valence-electron chi connectivity index (χ3n) is 2.83. The summed E-state index contributed by atoms with van der Waals surface area (Å²) in [6.45, 7) is 0. The first-order valence-corrected chi connectivity index (χ1v) is 4.27. The molecule has 2 aliphatic carbocycles. The number of nitrogens with one attached hydrogen (secondary N) is 1. The van der Waals surface area contributed by atoms with Gasteiger partial charge in [-0.1, -0.05) is 12.2 Å². The second kappa shape index (κ2) is 2.39. The molecule has 56 valence electrons. The van der Waals surface area contributed by atoms with Gasteiger partial charge in [0, 0.05) is 6.04 Å². The molecule has 1 N–H and O–H groups in total. The van der Waals surface area contributed by atoms with Gasteiger partial charge in [-0.3, -0.25) is 0 Å². The van der Waals surface area contributed by atoms with Gasteiger partial charge in [0.05, 0.1) is 0 Å². The molecule has 0 aromatic heterocycles. The molecule has 0 spiro atoms. The Labute approximate surface area is 62.5 Å². The van der Waals surface area contributed by atoms with E-state index in [0.717, 1.165) is 17.9 Å². The second-order valence-corrected chi connectivity index (χ2v) is 3.41. The van der Waals surface area contributed by atoms with Gasteiger partial charge in [-0.2, -0.15) is 0 Å². The van der Waals surface area contributed by atoms with Crippen molar-refractivity contribution < 1.29 is 0 Å². The molecule has 0 aromatic carbocycles. The van der Waals surface area contributed by atoms with E-state index in [1.807, 2.05) is 0 Å². The summed E-state index contributed by atoms with van der Waals surface area (Å²) in [5, 5.41) is 3.36. The summed E-state index contributed by atoms with van der Waals surface area (Å²) in [5.74, 6) is 1.86. The Bertz CT molecular complexity index is 151. The van der Waals surface area contributed by atoms with E-state index < -0.39 is 0 Å². The number of hydrogen-bond donors (Lipinski definition) is 1. The Hall–Kier alpha value is -0.300. The molecule has 3 atom stereocenters. The molecule has 2 rings (SSSR count). The summed E-state index contributed by atoms with van der Waals surface area (Å²) in [4.78, 5) is 0. The van der Waals surface area contributed by atoms with E-state index in [-0.39, 0.29) is 0 Å². The summed E-state index contributed by atoms with van der Waals surface area (Å²) in [6, 6.07) is 0.816. The Morgan fingerprint density at radius 1 is 1.50 bits per heavy atom. The Balaban J connectivity index is 1.99. The molecule has 0 saturated heterocycles. The van der Waals surface area contributed by atoms with Crippen molar-refractivity contribution >= 4 is 0 Å². The third kappa shape index (κ3) is 0.891. The zero-order valence-electron chi connectivity index (χ0n) is 6.51. The van der Waals surface area contributed by atoms with Gasteiger partial charge in [-0.05, 0) is 38.1 Å². The van der Waals surface area contributed by atoms with Crippen molar-refractivity contribution in [3.05, 3.63) is 12.2 Å². The highest BCUT2D eigenvalue weighted by molar-refractivity contribution is 5.14. The van der Waals surface area contributed by atoms with Crippen LogP contribution in [-0.2, 0) is 0 Å². The van der Waals surface area contributed by atoms with E-state index in [9.17, 15) is 0 Å². The molecule has 0 amide bonds. The van der Waals surface area contributed by atoms with Gasteiger partial charge in [0.2, 0.25) is 0 Å². The van der Waals surface area contributed by atoms with Crippen molar-refractivity contribution in [3.8, 4) is 0 Å². The lowest BCUT2D eigenvalue weighted by atomic mass is 10.2. The van der Waals surface area contributed by atoms with E-state index >= 15 is 0 Å². The van der Waals surface area contributed by atoms with Crippen molar-refractivity contribution in [2.45, 2.75) is 25.3 Å². The molecular weight excluding hydrogens is 122 g/mol. The van der Waals surface area contributed by atoms with E-state index in [1.165, 1.54) is 19.3 Å². The van der Waals surface area contributed by atoms with Crippen molar-refractivity contribution in [3.63, 3.8) is 0 Å². The first-order valence-electron chi connectivity index (χ1n) is 4.27. The van der Waals surface area contributed by atoms with E-state index in [4.69, 9.17) is 0 Å². The van der Waals surface area contributed by atoms with Crippen LogP contribution in [0.15, 0.2) is 12.2 Å². The summed E-state index contributed by atoms with van der Waals surface area (Å²) in [7, 11) is 2.08. The van der Waals surface area contributed by atoms with Crippen LogP contribution in [0, 0.1) is 11.8 Å². The highest BCUT2D eigenvalue weighted by Crippen LogP contribution is 2.45. The number of allylic oxidation sites excluding steroid dienone is 1. The predicted molar refractivity (Wildman–Crippen MR) is 42.8 cm³/mol. The molecule has 2 aliphatic rings. The largest absolute Gasteiger partial charge is 0.316 e. The molecule has 0 radical (unpaired) electrons. The van der Waals surface area contributed by atoms with E-state index in [0.29, 0.717) is 0 Å². The highest BCUT2D eigenvalue weighted by Gasteiger charge is 2.46. The van der Waals surface area contributed by atoms with E-state index in [2.05, 4.69) is 24.5 Å². The number of fused-ring (bicyclic) bond motifs is 1. The smallest absolute Gasteiger partial charge is 0.0165 e. The first kappa shape index (κ1) is 6.41. The Morgan fingerprint density at radius 3 is 3.20 bits per heavy atom. The monoisotopic (exact) mass is 137 g/mol. The van der Waals surface area contributed by atoms with Crippen LogP contribution in [0.5, 0.6) is 0 Å². The van der Waals surface area contributed by atoms with Gasteiger partial charge in [0.15, 0.2) is 0 Å². The minimum absolute atomic E-state index is 0.816. The van der Waals surface area contributed by atoms with Crippen LogP contribution in [0.2, 0.25) is 0 Å². The lowest BCUT2D eigenvalue weighted by molar-refractivity contribution is 0.624. The van der Waals surface area contributed by atoms with Gasteiger partial charge in [0.1, 0.15) is 0 Å². The van der Waals surface area contributed by atoms with Crippen molar-refractivity contribution in [2.24, 2.45) is 11.8 Å². The zero-order chi connectivity index (χ0) is 6.97. The van der Waals surface area contributed by atoms with Crippen LogP contribution in [-0.4, -0.2) is 13.1 Å². The van der Waals surface area contributed by atoms with Gasteiger partial charge >= 0.3 is 0 Å². The van der Waals surface area contributed by atoms with Crippen molar-refractivity contribution in [1.82, 2.24) is 5.32 Å². The molecule has 0 aromatic rings. The molecule has 1 fully saturated rings. The molecule has 10 heavy (non-hydrogen) atoms. The average molecular weight is 137 g/mol. The lowest BCUT2D eigenvalue weighted by Gasteiger charge is -1.95. The fourth-order valence-corrected chi connectivity index (χ4v) is 2.17. The van der Waals surface area contributed by atoms with Crippen LogP contribution in [0.3, 0.4) is 0 Å². The minimum Gasteiger partial charge on any atom is -0.316 e. The molecule has 0 bridgehead atoms. The Morgan fingerprint density at radius 2 is 2.40 bits per heavy atom. The van der Waals surface area contributed by atoms with Crippen LogP contribution in [0.25, 0.3) is 0 Å². The van der Waals surface area contributed by atoms with Crippen LogP contribution < -0.4 is 5.32 Å². The molecule has 1 nitrogen and oxygen atoms in total. The molecule has 0 heterocycles. The fourth-order valence-electron chi connectivity index (χ4n) is 2.17. The molecular formula is C9H15N. The van der Waals surface area contributed by atoms with Crippen LogP contribution in [0.1, 0.15) is 19.3 Å². The molecule has 1 heteroatoms. The van der Waals surface area contributed by atoms with E-state index in [1.54, 1.807) is 0 Å². The summed E-state index contributed by atoms with van der Waals surface area (Å²) in [5.41, 5.74) is 0. The molecule has 0 aliphatic heterocycles. The summed E-state index contributed by atoms with van der Waals surface area (Å²) in [6.07, 6.45) is 8.89. The minimum atomic E-state index is 0.816. The van der Waals surface area contributed by atoms with Gasteiger partial charge in [0.25, 0.3) is 0 Å². The van der Waals surface area contributed by atoms with Gasteiger partial charge < -0.3 is 5.32 Å². The van der Waals surface area contributed by atoms with Crippen molar-refractivity contribution in [2.75, 3.05) is 7.05 Å². The standard InChI is InChI=1S/C9H15N/c1-10-9-7-5-3-2-4-6-8(7)9/h3,5,7-10H,2,4,6H2,1H3. The Kier molecular flexibility index (Phi) is 1.53. The quantitative estimate of drug-likeness (QED) is 0.541. The summed E-state index contributed by atoms with van der Waals surface area (Å²) < 4.78 is 0. The first-order chi connectivity index (χ1) is 4.93. The molecule has 1 saturated carbocycles. The lowest BCUT2D eigenvalue weighted by Crippen LogP contribution is -2.12. The van der Waals surface area contributed by atoms with Gasteiger partial charge in [-0.25, -0.2) is 0 Å². The normalized spacial score (nSPS) is 44.3. The molecule has 3 unspecified atom stereocenters. The van der Waals surface area contributed by atoms with Crippen molar-refractivity contribution in [1.29, 1.82) is 0 Å². The highest BCUT2D eigenvalue weighted by atomic mass is 15.0. The number of rotatable bonds is 1.